The molecule has 0 spiro atoms. The van der Waals surface area contributed by atoms with Crippen molar-refractivity contribution in [3.63, 3.8) is 0 Å². The Morgan fingerprint density at radius 1 is 1.00 bits per heavy atom. The average Bonchev–Trinajstić information content (AvgIpc) is 2.54. The summed E-state index contributed by atoms with van der Waals surface area (Å²) in [6.45, 7) is 0. The van der Waals surface area contributed by atoms with Crippen LogP contribution in [0, 0.1) is 15.8 Å². The van der Waals surface area contributed by atoms with Crippen molar-refractivity contribution < 1.29 is 5.21 Å². The first-order chi connectivity index (χ1) is 10.6. The van der Waals surface area contributed by atoms with Crippen LogP contribution in [0.5, 0.6) is 0 Å². The number of rotatable bonds is 1. The fourth-order valence-electron chi connectivity index (χ4n) is 2.42. The Balaban J connectivity index is 2.65. The first-order valence-electron chi connectivity index (χ1n) is 6.34. The predicted octanol–water partition coefficient (Wildman–Crippen LogP) is 1.10. The number of hydrogen-bond acceptors (Lipinski definition) is 5. The van der Waals surface area contributed by atoms with Gasteiger partial charge < -0.3 is 5.21 Å². The second kappa shape index (κ2) is 5.20. The van der Waals surface area contributed by atoms with Gasteiger partial charge in [0.2, 0.25) is 5.43 Å². The maximum Gasteiger partial charge on any atom is 0.208 e. The molecule has 0 aromatic heterocycles. The summed E-state index contributed by atoms with van der Waals surface area (Å²) >= 11 is 6.09. The summed E-state index contributed by atoms with van der Waals surface area (Å²) in [6, 6.07) is 11.3. The van der Waals surface area contributed by atoms with Crippen molar-refractivity contribution in [1.29, 1.82) is 5.41 Å². The van der Waals surface area contributed by atoms with Crippen molar-refractivity contribution in [2.24, 2.45) is 5.16 Å². The Morgan fingerprint density at radius 3 is 2.32 bits per heavy atom. The van der Waals surface area contributed by atoms with Gasteiger partial charge in [-0.3, -0.25) is 15.0 Å². The van der Waals surface area contributed by atoms with E-state index in [1.807, 2.05) is 0 Å². The van der Waals surface area contributed by atoms with Gasteiger partial charge in [-0.1, -0.05) is 47.1 Å². The van der Waals surface area contributed by atoms with Gasteiger partial charge >= 0.3 is 0 Å². The molecule has 1 aromatic rings. The third-order valence-corrected chi connectivity index (χ3v) is 3.83. The van der Waals surface area contributed by atoms with E-state index in [9.17, 15) is 9.59 Å². The molecule has 0 saturated carbocycles. The highest BCUT2D eigenvalue weighted by Crippen LogP contribution is 2.21. The van der Waals surface area contributed by atoms with Crippen LogP contribution in [0.1, 0.15) is 0 Å². The Morgan fingerprint density at radius 2 is 1.68 bits per heavy atom. The molecular formula is C16H9ClN2O3. The van der Waals surface area contributed by atoms with Crippen LogP contribution in [0.4, 0.5) is 0 Å². The molecule has 0 amide bonds. The minimum Gasteiger partial charge on any atom is -0.410 e. The van der Waals surface area contributed by atoms with Gasteiger partial charge in [0.25, 0.3) is 0 Å². The number of nitrogens with one attached hydrogen (secondary N) is 1. The Hall–Kier alpha value is -2.79. The van der Waals surface area contributed by atoms with Crippen LogP contribution in [-0.4, -0.2) is 5.21 Å². The first kappa shape index (κ1) is 14.2. The summed E-state index contributed by atoms with van der Waals surface area (Å²) in [6.07, 6.45) is 0. The van der Waals surface area contributed by atoms with Crippen molar-refractivity contribution in [2.75, 3.05) is 0 Å². The SMILES string of the molecule is N=c1c(=NO)ccc2c(=O)c(-c3ccccc3)c(Cl)c(=O)c1=2. The predicted molar refractivity (Wildman–Crippen MR) is 80.3 cm³/mol. The highest BCUT2D eigenvalue weighted by molar-refractivity contribution is 6.33. The van der Waals surface area contributed by atoms with Gasteiger partial charge in [0, 0.05) is 5.22 Å². The van der Waals surface area contributed by atoms with E-state index in [1.54, 1.807) is 30.3 Å². The van der Waals surface area contributed by atoms with E-state index in [1.165, 1.54) is 12.1 Å². The van der Waals surface area contributed by atoms with Crippen LogP contribution < -0.4 is 21.6 Å². The molecule has 0 aliphatic heterocycles. The minimum absolute atomic E-state index is 0.0886. The lowest BCUT2D eigenvalue weighted by molar-refractivity contribution is 0.300. The van der Waals surface area contributed by atoms with Crippen LogP contribution in [0.3, 0.4) is 0 Å². The third-order valence-electron chi connectivity index (χ3n) is 3.47. The average molecular weight is 313 g/mol. The van der Waals surface area contributed by atoms with E-state index in [-0.39, 0.29) is 31.7 Å². The number of halogens is 1. The molecule has 22 heavy (non-hydrogen) atoms. The Labute approximate surface area is 128 Å². The lowest BCUT2D eigenvalue weighted by Crippen LogP contribution is -2.33. The van der Waals surface area contributed by atoms with Crippen LogP contribution in [-0.2, 0) is 0 Å². The Bertz CT molecular complexity index is 1150. The fourth-order valence-corrected chi connectivity index (χ4v) is 2.71. The Kier molecular flexibility index (Phi) is 3.35. The van der Waals surface area contributed by atoms with E-state index in [2.05, 4.69) is 5.16 Å². The van der Waals surface area contributed by atoms with Crippen molar-refractivity contribution in [3.8, 4) is 11.1 Å². The maximum absolute atomic E-state index is 12.7. The minimum atomic E-state index is -0.620. The molecule has 0 atom stereocenters. The van der Waals surface area contributed by atoms with Crippen molar-refractivity contribution >= 4 is 11.6 Å². The molecule has 0 fully saturated rings. The van der Waals surface area contributed by atoms with Crippen LogP contribution >= 0.6 is 11.6 Å². The van der Waals surface area contributed by atoms with E-state index in [4.69, 9.17) is 22.2 Å². The van der Waals surface area contributed by atoms with Gasteiger partial charge in [0.05, 0.1) is 16.1 Å². The van der Waals surface area contributed by atoms with Gasteiger partial charge in [0.15, 0.2) is 5.43 Å². The van der Waals surface area contributed by atoms with Crippen molar-refractivity contribution in [3.05, 3.63) is 89.1 Å². The molecule has 0 unspecified atom stereocenters. The molecule has 0 radical (unpaired) electrons. The van der Waals surface area contributed by atoms with Crippen LogP contribution in [0.25, 0.3) is 11.1 Å². The van der Waals surface area contributed by atoms with Gasteiger partial charge in [-0.25, -0.2) is 0 Å². The number of hydrogen-bond donors (Lipinski definition) is 2. The molecule has 6 heteroatoms. The van der Waals surface area contributed by atoms with Gasteiger partial charge in [-0.05, 0) is 17.7 Å². The molecule has 2 aliphatic carbocycles. The normalized spacial score (nSPS) is 12.0. The summed E-state index contributed by atoms with van der Waals surface area (Å²) in [4.78, 5) is 25.1. The lowest BCUT2D eigenvalue weighted by Gasteiger charge is -2.03. The fraction of sp³-hybridized carbons (Fsp3) is 0. The molecule has 2 N–H and O–H groups in total. The summed E-state index contributed by atoms with van der Waals surface area (Å²) in [5.74, 6) is 0. The van der Waals surface area contributed by atoms with Crippen molar-refractivity contribution in [2.45, 2.75) is 0 Å². The van der Waals surface area contributed by atoms with Crippen LogP contribution in [0.2, 0.25) is 5.02 Å². The molecule has 0 heterocycles. The summed E-state index contributed by atoms with van der Waals surface area (Å²) in [5, 5.41) is 19.0. The van der Waals surface area contributed by atoms with E-state index in [0.717, 1.165) is 0 Å². The van der Waals surface area contributed by atoms with E-state index < -0.39 is 10.9 Å². The number of nitrogens with zero attached hydrogens (tertiary/aromatic N) is 1. The summed E-state index contributed by atoms with van der Waals surface area (Å²) in [7, 11) is 0. The van der Waals surface area contributed by atoms with E-state index >= 15 is 0 Å². The zero-order valence-electron chi connectivity index (χ0n) is 11.1. The second-order valence-corrected chi connectivity index (χ2v) is 5.07. The summed E-state index contributed by atoms with van der Waals surface area (Å²) in [5.41, 5.74) is -0.388. The zero-order valence-corrected chi connectivity index (χ0v) is 11.9. The highest BCUT2D eigenvalue weighted by atomic mass is 35.5. The van der Waals surface area contributed by atoms with Gasteiger partial charge in [-0.2, -0.15) is 0 Å². The molecule has 3 rings (SSSR count). The van der Waals surface area contributed by atoms with E-state index in [0.29, 0.717) is 5.56 Å². The maximum atomic E-state index is 12.7. The third kappa shape index (κ3) is 1.95. The summed E-state index contributed by atoms with van der Waals surface area (Å²) < 4.78 is 0. The quantitative estimate of drug-likeness (QED) is 0.520. The van der Waals surface area contributed by atoms with Gasteiger partial charge in [-0.15, -0.1) is 0 Å². The molecule has 2 aliphatic rings. The largest absolute Gasteiger partial charge is 0.410 e. The highest BCUT2D eigenvalue weighted by Gasteiger charge is 2.16. The molecule has 1 aromatic carbocycles. The second-order valence-electron chi connectivity index (χ2n) is 4.70. The number of benzene rings is 1. The van der Waals surface area contributed by atoms with Crippen LogP contribution in [0.15, 0.2) is 57.2 Å². The molecule has 0 saturated heterocycles. The van der Waals surface area contributed by atoms with Gasteiger partial charge in [0.1, 0.15) is 10.4 Å². The van der Waals surface area contributed by atoms with Crippen molar-refractivity contribution in [1.82, 2.24) is 0 Å². The molecule has 0 bridgehead atoms. The monoisotopic (exact) mass is 312 g/mol. The smallest absolute Gasteiger partial charge is 0.208 e. The lowest BCUT2D eigenvalue weighted by atomic mass is 10.0. The standard InChI is InChI=1S/C16H9ClN2O3/c17-13-11(8-4-2-1-3-5-8)15(20)9-6-7-10(19-22)14(18)12(9)16(13)21/h1-7,18,22H. The topological polar surface area (TPSA) is 90.6 Å². The molecule has 108 valence electrons. The molecular weight excluding hydrogens is 304 g/mol. The zero-order chi connectivity index (χ0) is 15.9. The molecule has 5 nitrogen and oxygen atoms in total. The first-order valence-corrected chi connectivity index (χ1v) is 6.72.